The Morgan fingerprint density at radius 3 is 1.26 bits per heavy atom. The van der Waals surface area contributed by atoms with Crippen molar-refractivity contribution in [2.45, 2.75) is 66.4 Å². The van der Waals surface area contributed by atoms with Crippen LogP contribution in [0, 0.1) is 0 Å². The minimum Gasteiger partial charge on any atom is -0.489 e. The summed E-state index contributed by atoms with van der Waals surface area (Å²) in [5.41, 5.74) is -3.44. The Balaban J connectivity index is 1.68. The number of fused-ring (bicyclic) bond motifs is 6. The van der Waals surface area contributed by atoms with E-state index in [2.05, 4.69) is 9.47 Å². The molecule has 0 saturated carbocycles. The maximum Gasteiger partial charge on any atom is 0.340 e. The number of nitrogens with zero attached hydrogens (tertiary/aromatic N) is 2. The van der Waals surface area contributed by atoms with Gasteiger partial charge in [-0.25, -0.2) is 4.79 Å². The fourth-order valence-corrected chi connectivity index (χ4v) is 10.0. The van der Waals surface area contributed by atoms with Crippen molar-refractivity contribution in [1.29, 1.82) is 0 Å². The van der Waals surface area contributed by atoms with Crippen molar-refractivity contribution in [3.63, 3.8) is 0 Å². The first-order valence-electron chi connectivity index (χ1n) is 24.9. The van der Waals surface area contributed by atoms with Crippen LogP contribution in [0.4, 0.5) is 5.69 Å². The van der Waals surface area contributed by atoms with Crippen molar-refractivity contribution in [2.24, 2.45) is 0 Å². The van der Waals surface area contributed by atoms with Crippen molar-refractivity contribution >= 4 is 118 Å². The largest absolute Gasteiger partial charge is 0.489 e. The smallest absolute Gasteiger partial charge is 0.340 e. The Morgan fingerprint density at radius 1 is 0.471 bits per heavy atom. The van der Waals surface area contributed by atoms with Crippen LogP contribution < -0.4 is 19.1 Å². The zero-order chi connectivity index (χ0) is 62.9. The average Bonchev–Trinajstić information content (AvgIpc) is 1.67. The topological polar surface area (TPSA) is 333 Å². The molecule has 0 fully saturated rings. The van der Waals surface area contributed by atoms with E-state index in [1.807, 2.05) is 0 Å². The van der Waals surface area contributed by atoms with Crippen molar-refractivity contribution in [3.05, 3.63) is 77.7 Å². The van der Waals surface area contributed by atoms with Crippen LogP contribution in [-0.2, 0) is 116 Å². The lowest BCUT2D eigenvalue weighted by atomic mass is 9.61. The molecule has 0 bridgehead atoms. The number of rotatable bonds is 30. The van der Waals surface area contributed by atoms with Gasteiger partial charge in [-0.05, 0) is 35.4 Å². The summed E-state index contributed by atoms with van der Waals surface area (Å²) in [4.78, 5) is 139. The summed E-state index contributed by atoms with van der Waals surface area (Å²) < 4.78 is 79.3. The Morgan fingerprint density at radius 2 is 0.859 bits per heavy atom. The van der Waals surface area contributed by atoms with Gasteiger partial charge in [0.15, 0.2) is 17.1 Å². The number of hydrogen-bond donors (Lipinski definition) is 0. The van der Waals surface area contributed by atoms with Crippen LogP contribution in [-0.4, -0.2) is 164 Å². The summed E-state index contributed by atoms with van der Waals surface area (Å²) in [6, 6.07) is 5.31. The lowest BCUT2D eigenvalue weighted by Crippen LogP contribution is -2.42. The third kappa shape index (κ3) is 18.1. The van der Waals surface area contributed by atoms with E-state index in [9.17, 15) is 52.7 Å². The number of ether oxygens (including phenoxy) is 15. The average molecular weight is 1280 g/mol. The molecule has 0 unspecified atom stereocenters. The highest BCUT2D eigenvalue weighted by Gasteiger charge is 2.58. The molecule has 1 heterocycles. The van der Waals surface area contributed by atoms with E-state index in [1.165, 1.54) is 29.2 Å². The first-order valence-corrected chi connectivity index (χ1v) is 26.4. The van der Waals surface area contributed by atoms with Crippen molar-refractivity contribution in [1.82, 2.24) is 4.90 Å². The third-order valence-electron chi connectivity index (χ3n) is 11.9. The molecule has 0 N–H and O–H groups in total. The van der Waals surface area contributed by atoms with Gasteiger partial charge in [-0.2, -0.15) is 0 Å². The molecule has 1 spiro atoms. The molecule has 32 heteroatoms. The monoisotopic (exact) mass is 1280 g/mol. The van der Waals surface area contributed by atoms with E-state index in [0.29, 0.717) is 0 Å². The van der Waals surface area contributed by atoms with E-state index in [-0.39, 0.29) is 96.2 Å². The van der Waals surface area contributed by atoms with Gasteiger partial charge in [0.25, 0.3) is 0 Å². The van der Waals surface area contributed by atoms with Gasteiger partial charge in [0.05, 0.1) is 57.6 Å². The SMILES string of the molecule is CC(=O)OCOC(=O)CN(CCOCCOc1cc2c(cc1N(CC(=O)OCOC(C)=O)CC(=O)OCOC(C)=O)C(=O)OC21c2cc(Cl)c(OCOC(C)=O)c(Cl)c2C(C)(C)c2c1cc(Cl)c(OCOC(C)=O)c2Cl)CC(=O)OCOC(C)=O. The summed E-state index contributed by atoms with van der Waals surface area (Å²) in [7, 11) is 0. The van der Waals surface area contributed by atoms with E-state index in [1.54, 1.807) is 13.8 Å². The molecule has 0 amide bonds. The number of benzene rings is 3. The quantitative estimate of drug-likeness (QED) is 0.0368. The predicted octanol–water partition coefficient (Wildman–Crippen LogP) is 4.96. The molecule has 3 aromatic carbocycles. The van der Waals surface area contributed by atoms with Crippen LogP contribution in [0.1, 0.15) is 93.6 Å². The summed E-state index contributed by atoms with van der Waals surface area (Å²) in [5.74, 6) is -10.1. The van der Waals surface area contributed by atoms with Crippen molar-refractivity contribution in [3.8, 4) is 17.2 Å². The van der Waals surface area contributed by atoms with Gasteiger partial charge in [-0.3, -0.25) is 52.8 Å². The van der Waals surface area contributed by atoms with Crippen LogP contribution in [0.3, 0.4) is 0 Å². The zero-order valence-electron chi connectivity index (χ0n) is 46.7. The number of hydrogen-bond acceptors (Lipinski definition) is 28. The molecular weight excluding hydrogens is 1220 g/mol. The third-order valence-corrected chi connectivity index (χ3v) is 13.2. The van der Waals surface area contributed by atoms with E-state index in [4.69, 9.17) is 108 Å². The predicted molar refractivity (Wildman–Crippen MR) is 287 cm³/mol. The second-order valence-electron chi connectivity index (χ2n) is 18.3. The van der Waals surface area contributed by atoms with E-state index in [0.717, 1.165) is 46.4 Å². The van der Waals surface area contributed by atoms with Gasteiger partial charge < -0.3 is 76.0 Å². The first kappa shape index (κ1) is 67.9. The zero-order valence-corrected chi connectivity index (χ0v) is 49.8. The fourth-order valence-electron chi connectivity index (χ4n) is 8.42. The van der Waals surface area contributed by atoms with Gasteiger partial charge in [-0.1, -0.05) is 60.3 Å². The number of anilines is 1. The normalized spacial score (nSPS) is 12.9. The molecule has 0 radical (unpaired) electrons. The van der Waals surface area contributed by atoms with Gasteiger partial charge in [0.1, 0.15) is 25.4 Å². The lowest BCUT2D eigenvalue weighted by molar-refractivity contribution is -0.170. The Hall–Kier alpha value is -7.89. The summed E-state index contributed by atoms with van der Waals surface area (Å²) in [6.45, 7) is 1.71. The molecule has 28 nitrogen and oxygen atoms in total. The maximum absolute atomic E-state index is 14.9. The molecular formula is C53H56Cl4N2O26. The summed E-state index contributed by atoms with van der Waals surface area (Å²) in [6.07, 6.45) is 0. The number of carbonyl (C=O) groups excluding carboxylic acids is 11. The minimum atomic E-state index is -2.18. The maximum atomic E-state index is 14.9. The van der Waals surface area contributed by atoms with Crippen LogP contribution in [0.2, 0.25) is 20.1 Å². The van der Waals surface area contributed by atoms with E-state index < -0.39 is 150 Å². The Bertz CT molecular complexity index is 2940. The van der Waals surface area contributed by atoms with Crippen molar-refractivity contribution < 1.29 is 124 Å². The van der Waals surface area contributed by atoms with Crippen LogP contribution in [0.5, 0.6) is 17.2 Å². The van der Waals surface area contributed by atoms with Crippen molar-refractivity contribution in [2.75, 3.05) is 98.2 Å². The number of halogens is 4. The molecule has 85 heavy (non-hydrogen) atoms. The van der Waals surface area contributed by atoms with Gasteiger partial charge in [-0.15, -0.1) is 0 Å². The molecule has 0 saturated heterocycles. The highest BCUT2D eigenvalue weighted by molar-refractivity contribution is 6.39. The minimum absolute atomic E-state index is 0.0248. The number of esters is 11. The molecule has 462 valence electrons. The molecule has 0 atom stereocenters. The van der Waals surface area contributed by atoms with Gasteiger partial charge >= 0.3 is 65.7 Å². The highest BCUT2D eigenvalue weighted by atomic mass is 35.5. The summed E-state index contributed by atoms with van der Waals surface area (Å²) in [5, 5.41) is -0.695. The van der Waals surface area contributed by atoms with E-state index >= 15 is 0 Å². The summed E-state index contributed by atoms with van der Waals surface area (Å²) >= 11 is 28.5. The molecule has 3 aromatic rings. The fraction of sp³-hybridized carbons (Fsp3) is 0.453. The molecule has 2 aliphatic rings. The Kier molecular flexibility index (Phi) is 24.6. The first-order chi connectivity index (χ1) is 40.1. The second kappa shape index (κ2) is 30.8. The van der Waals surface area contributed by atoms with Crippen LogP contribution >= 0.6 is 46.4 Å². The molecule has 0 aromatic heterocycles. The molecule has 1 aliphatic heterocycles. The standard InChI is InChI=1S/C53H56Cl4N2O26/c1-27(60)73-21-79-41(66)17-58(18-42(67)80-22-74-28(2)61)9-10-71-11-12-72-40-16-34-33(13-39(40)59(19-43(68)81-23-75-29(3)62)20-44(69)82-24-76-30(4)63)51(70)85-53(34)35-14-37(54)49(83-25-77-31(5)64)47(56)45(35)52(7,8)46-36(53)15-38(55)50(48(46)57)84-26-78-32(6)65/h13-16H,9-12,17-26H2,1-8H3. The molecule has 5 rings (SSSR count). The highest BCUT2D eigenvalue weighted by Crippen LogP contribution is 2.63. The molecule has 1 aliphatic carbocycles. The van der Waals surface area contributed by atoms with Gasteiger partial charge in [0.2, 0.25) is 40.8 Å². The number of carbonyl (C=O) groups is 11. The second-order valence-corrected chi connectivity index (χ2v) is 19.9. The van der Waals surface area contributed by atoms with Crippen LogP contribution in [0.25, 0.3) is 0 Å². The lowest BCUT2D eigenvalue weighted by Gasteiger charge is -2.46. The Labute approximate surface area is 504 Å². The van der Waals surface area contributed by atoms with Gasteiger partial charge in [0, 0.05) is 70.2 Å². The van der Waals surface area contributed by atoms with Crippen LogP contribution in [0.15, 0.2) is 24.3 Å².